The van der Waals surface area contributed by atoms with Crippen molar-refractivity contribution < 1.29 is 9.53 Å². The summed E-state index contributed by atoms with van der Waals surface area (Å²) in [5.74, 6) is 0.617. The van der Waals surface area contributed by atoms with Crippen LogP contribution in [0, 0.1) is 0 Å². The fraction of sp³-hybridized carbons (Fsp3) is 0.150. The van der Waals surface area contributed by atoms with Gasteiger partial charge >= 0.3 is 0 Å². The first-order valence-electron chi connectivity index (χ1n) is 8.04. The zero-order valence-corrected chi connectivity index (χ0v) is 14.9. The molecule has 0 saturated heterocycles. The van der Waals surface area contributed by atoms with Crippen LogP contribution in [0.4, 0.5) is 0 Å². The number of carbonyl (C=O) groups excluding carboxylic acids is 1. The number of hydrogen-bond donors (Lipinski definition) is 1. The van der Waals surface area contributed by atoms with Crippen LogP contribution in [-0.2, 0) is 11.2 Å². The largest absolute Gasteiger partial charge is 0.480 e. The number of ether oxygens (including phenoxy) is 1. The fourth-order valence-corrected chi connectivity index (χ4v) is 4.02. The third kappa shape index (κ3) is 3.41. The molecule has 0 spiro atoms. The Morgan fingerprint density at radius 2 is 2.00 bits per heavy atom. The number of hydrogen-bond acceptors (Lipinski definition) is 3. The van der Waals surface area contributed by atoms with E-state index in [0.29, 0.717) is 11.4 Å². The van der Waals surface area contributed by atoms with E-state index in [9.17, 15) is 4.79 Å². The number of thiophene rings is 1. The van der Waals surface area contributed by atoms with Gasteiger partial charge in [-0.15, -0.1) is 11.3 Å². The van der Waals surface area contributed by atoms with Crippen LogP contribution in [-0.4, -0.2) is 12.0 Å². The van der Waals surface area contributed by atoms with Crippen molar-refractivity contribution in [2.45, 2.75) is 18.6 Å². The molecule has 0 fully saturated rings. The molecule has 1 aliphatic rings. The van der Waals surface area contributed by atoms with Gasteiger partial charge in [0.1, 0.15) is 5.75 Å². The van der Waals surface area contributed by atoms with Crippen molar-refractivity contribution >= 4 is 28.8 Å². The van der Waals surface area contributed by atoms with Gasteiger partial charge in [-0.25, -0.2) is 0 Å². The van der Waals surface area contributed by atoms with E-state index >= 15 is 0 Å². The number of benzene rings is 2. The van der Waals surface area contributed by atoms with Gasteiger partial charge in [0.25, 0.3) is 5.91 Å². The molecule has 2 atom stereocenters. The van der Waals surface area contributed by atoms with Crippen molar-refractivity contribution in [2.24, 2.45) is 0 Å². The molecule has 2 heterocycles. The summed E-state index contributed by atoms with van der Waals surface area (Å²) < 4.78 is 5.81. The van der Waals surface area contributed by atoms with E-state index in [1.165, 1.54) is 0 Å². The molecule has 4 rings (SSSR count). The number of rotatable bonds is 4. The van der Waals surface area contributed by atoms with Crippen LogP contribution >= 0.6 is 22.9 Å². The fourth-order valence-electron chi connectivity index (χ4n) is 3.02. The molecule has 5 heteroatoms. The first-order valence-corrected chi connectivity index (χ1v) is 9.30. The topological polar surface area (TPSA) is 38.3 Å². The molecule has 1 N–H and O–H groups in total. The lowest BCUT2D eigenvalue weighted by atomic mass is 10.0. The maximum absolute atomic E-state index is 12.8. The van der Waals surface area contributed by atoms with Crippen LogP contribution in [0.1, 0.15) is 22.0 Å². The Balaban J connectivity index is 1.54. The quantitative estimate of drug-likeness (QED) is 0.729. The lowest BCUT2D eigenvalue weighted by molar-refractivity contribution is -0.127. The summed E-state index contributed by atoms with van der Waals surface area (Å²) in [6, 6.07) is 19.3. The number of carbonyl (C=O) groups is 1. The molecule has 3 nitrogen and oxygen atoms in total. The van der Waals surface area contributed by atoms with Crippen LogP contribution in [0.15, 0.2) is 66.0 Å². The smallest absolute Gasteiger partial charge is 0.262 e. The third-order valence-corrected chi connectivity index (χ3v) is 5.41. The summed E-state index contributed by atoms with van der Waals surface area (Å²) >= 11 is 7.65. The lowest BCUT2D eigenvalue weighted by Gasteiger charge is -2.20. The molecule has 2 aromatic carbocycles. The van der Waals surface area contributed by atoms with Gasteiger partial charge < -0.3 is 10.1 Å². The van der Waals surface area contributed by atoms with Gasteiger partial charge in [-0.3, -0.25) is 4.79 Å². The SMILES string of the molecule is O=C(NC(c1ccccc1)c1cccs1)C1Cc2cc(Cl)ccc2O1. The van der Waals surface area contributed by atoms with E-state index in [0.717, 1.165) is 21.8 Å². The molecular formula is C20H16ClNO2S. The minimum Gasteiger partial charge on any atom is -0.480 e. The standard InChI is InChI=1S/C20H16ClNO2S/c21-15-8-9-16-14(11-15)12-17(24-16)20(23)22-19(18-7-4-10-25-18)13-5-2-1-3-6-13/h1-11,17,19H,12H2,(H,22,23). The summed E-state index contributed by atoms with van der Waals surface area (Å²) in [6.07, 6.45) is 0.00728. The molecule has 1 aromatic heterocycles. The van der Waals surface area contributed by atoms with Gasteiger partial charge in [0.05, 0.1) is 6.04 Å². The molecule has 126 valence electrons. The Bertz CT molecular complexity index is 880. The minimum atomic E-state index is -0.528. The van der Waals surface area contributed by atoms with Gasteiger partial charge in [0.15, 0.2) is 6.10 Å². The first kappa shape index (κ1) is 16.2. The second-order valence-electron chi connectivity index (χ2n) is 5.93. The molecule has 0 radical (unpaired) electrons. The summed E-state index contributed by atoms with van der Waals surface area (Å²) in [5.41, 5.74) is 2.02. The van der Waals surface area contributed by atoms with E-state index < -0.39 is 6.10 Å². The number of fused-ring (bicyclic) bond motifs is 1. The first-order chi connectivity index (χ1) is 12.2. The Morgan fingerprint density at radius 1 is 1.16 bits per heavy atom. The van der Waals surface area contributed by atoms with Gasteiger partial charge in [-0.1, -0.05) is 48.0 Å². The molecule has 0 saturated carbocycles. The molecule has 2 unspecified atom stereocenters. The van der Waals surface area contributed by atoms with Crippen LogP contribution in [0.3, 0.4) is 0 Å². The van der Waals surface area contributed by atoms with E-state index in [4.69, 9.17) is 16.3 Å². The highest BCUT2D eigenvalue weighted by Crippen LogP contribution is 2.32. The Morgan fingerprint density at radius 3 is 2.76 bits per heavy atom. The van der Waals surface area contributed by atoms with Crippen molar-refractivity contribution in [1.82, 2.24) is 5.32 Å². The zero-order valence-electron chi connectivity index (χ0n) is 13.3. The zero-order chi connectivity index (χ0) is 17.2. The summed E-state index contributed by atoms with van der Waals surface area (Å²) in [5, 5.41) is 5.81. The van der Waals surface area contributed by atoms with E-state index in [1.807, 2.05) is 60.0 Å². The van der Waals surface area contributed by atoms with Crippen molar-refractivity contribution in [3.05, 3.63) is 87.1 Å². The molecular weight excluding hydrogens is 354 g/mol. The van der Waals surface area contributed by atoms with Gasteiger partial charge in [0.2, 0.25) is 0 Å². The molecule has 0 bridgehead atoms. The van der Waals surface area contributed by atoms with Crippen molar-refractivity contribution in [3.8, 4) is 5.75 Å². The maximum Gasteiger partial charge on any atom is 0.262 e. The van der Waals surface area contributed by atoms with E-state index in [-0.39, 0.29) is 11.9 Å². The highest BCUT2D eigenvalue weighted by Gasteiger charge is 2.31. The average Bonchev–Trinajstić information content (AvgIpc) is 3.29. The van der Waals surface area contributed by atoms with Crippen molar-refractivity contribution in [1.29, 1.82) is 0 Å². The highest BCUT2D eigenvalue weighted by molar-refractivity contribution is 7.10. The molecule has 3 aromatic rings. The van der Waals surface area contributed by atoms with Gasteiger partial charge in [-0.2, -0.15) is 0 Å². The monoisotopic (exact) mass is 369 g/mol. The number of nitrogens with one attached hydrogen (secondary N) is 1. The molecule has 25 heavy (non-hydrogen) atoms. The number of amides is 1. The summed E-state index contributed by atoms with van der Waals surface area (Å²) in [7, 11) is 0. The van der Waals surface area contributed by atoms with Crippen LogP contribution in [0.25, 0.3) is 0 Å². The van der Waals surface area contributed by atoms with Crippen molar-refractivity contribution in [3.63, 3.8) is 0 Å². The van der Waals surface area contributed by atoms with Crippen molar-refractivity contribution in [2.75, 3.05) is 0 Å². The highest BCUT2D eigenvalue weighted by atomic mass is 35.5. The maximum atomic E-state index is 12.8. The van der Waals surface area contributed by atoms with Gasteiger partial charge in [0, 0.05) is 16.3 Å². The molecule has 0 aliphatic carbocycles. The normalized spacial score (nSPS) is 16.8. The Labute approximate surface area is 155 Å². The van der Waals surface area contributed by atoms with Crippen LogP contribution in [0.5, 0.6) is 5.75 Å². The number of halogens is 1. The predicted molar refractivity (Wildman–Crippen MR) is 100 cm³/mol. The predicted octanol–water partition coefficient (Wildman–Crippen LogP) is 4.61. The Hall–Kier alpha value is -2.30. The lowest BCUT2D eigenvalue weighted by Crippen LogP contribution is -2.39. The van der Waals surface area contributed by atoms with Crippen LogP contribution in [0.2, 0.25) is 5.02 Å². The summed E-state index contributed by atoms with van der Waals surface area (Å²) in [4.78, 5) is 13.9. The molecule has 1 amide bonds. The van der Waals surface area contributed by atoms with E-state index in [1.54, 1.807) is 17.4 Å². The molecule has 1 aliphatic heterocycles. The average molecular weight is 370 g/mol. The van der Waals surface area contributed by atoms with E-state index in [2.05, 4.69) is 5.32 Å². The summed E-state index contributed by atoms with van der Waals surface area (Å²) in [6.45, 7) is 0. The third-order valence-electron chi connectivity index (χ3n) is 4.24. The second kappa shape index (κ2) is 6.90. The Kier molecular flexibility index (Phi) is 4.47. The second-order valence-corrected chi connectivity index (χ2v) is 7.35. The van der Waals surface area contributed by atoms with Gasteiger partial charge in [-0.05, 0) is 40.8 Å². The van der Waals surface area contributed by atoms with Crippen LogP contribution < -0.4 is 10.1 Å². The minimum absolute atomic E-state index is 0.116.